The highest BCUT2D eigenvalue weighted by molar-refractivity contribution is 7.99. The van der Waals surface area contributed by atoms with Crippen LogP contribution in [0.1, 0.15) is 19.5 Å². The molecule has 0 aliphatic rings. The van der Waals surface area contributed by atoms with E-state index in [2.05, 4.69) is 29.4 Å². The van der Waals surface area contributed by atoms with Gasteiger partial charge in [0.05, 0.1) is 0 Å². The maximum atomic E-state index is 3.89. The second-order valence-electron chi connectivity index (χ2n) is 3.02. The molecule has 1 aromatic rings. The largest absolute Gasteiger partial charge is 0.308 e. The summed E-state index contributed by atoms with van der Waals surface area (Å²) in [5.41, 5.74) is 1.15. The van der Waals surface area contributed by atoms with Crippen LogP contribution >= 0.6 is 11.8 Å². The standard InChI is InChI=1S/C9H17N3S/c1-3-13-7-8(2)10-6-9-4-5-11-12-9/h4-5,8,10H,3,6-7H2,1-2H3,(H,11,12). The van der Waals surface area contributed by atoms with E-state index in [1.165, 1.54) is 11.5 Å². The van der Waals surface area contributed by atoms with Gasteiger partial charge in [0.25, 0.3) is 0 Å². The van der Waals surface area contributed by atoms with E-state index in [4.69, 9.17) is 0 Å². The summed E-state index contributed by atoms with van der Waals surface area (Å²) in [6.45, 7) is 5.27. The first-order valence-corrected chi connectivity index (χ1v) is 5.77. The lowest BCUT2D eigenvalue weighted by molar-refractivity contribution is 0.587. The SMILES string of the molecule is CCSCC(C)NCc1ccn[nH]1. The molecule has 0 fully saturated rings. The first kappa shape index (κ1) is 10.6. The van der Waals surface area contributed by atoms with E-state index >= 15 is 0 Å². The Kier molecular flexibility index (Phi) is 4.93. The first-order valence-electron chi connectivity index (χ1n) is 4.62. The topological polar surface area (TPSA) is 40.7 Å². The predicted octanol–water partition coefficient (Wildman–Crippen LogP) is 1.64. The molecular weight excluding hydrogens is 182 g/mol. The Hall–Kier alpha value is -0.480. The molecule has 0 spiro atoms. The fraction of sp³-hybridized carbons (Fsp3) is 0.667. The molecule has 74 valence electrons. The van der Waals surface area contributed by atoms with Crippen molar-refractivity contribution in [2.75, 3.05) is 11.5 Å². The summed E-state index contributed by atoms with van der Waals surface area (Å²) in [4.78, 5) is 0. The van der Waals surface area contributed by atoms with Crippen molar-refractivity contribution in [3.05, 3.63) is 18.0 Å². The molecule has 1 rings (SSSR count). The van der Waals surface area contributed by atoms with Crippen LogP contribution in [0.5, 0.6) is 0 Å². The summed E-state index contributed by atoms with van der Waals surface area (Å²) >= 11 is 1.97. The molecule has 2 N–H and O–H groups in total. The lowest BCUT2D eigenvalue weighted by Crippen LogP contribution is -2.27. The van der Waals surface area contributed by atoms with Crippen LogP contribution in [0, 0.1) is 0 Å². The van der Waals surface area contributed by atoms with Crippen LogP contribution in [-0.2, 0) is 6.54 Å². The van der Waals surface area contributed by atoms with Crippen molar-refractivity contribution in [3.8, 4) is 0 Å². The van der Waals surface area contributed by atoms with E-state index < -0.39 is 0 Å². The molecule has 0 aliphatic heterocycles. The molecule has 3 nitrogen and oxygen atoms in total. The van der Waals surface area contributed by atoms with Crippen molar-refractivity contribution in [1.29, 1.82) is 0 Å². The third kappa shape index (κ3) is 4.33. The van der Waals surface area contributed by atoms with Gasteiger partial charge < -0.3 is 5.32 Å². The van der Waals surface area contributed by atoms with Gasteiger partial charge in [-0.1, -0.05) is 6.92 Å². The smallest absolute Gasteiger partial charge is 0.0490 e. The number of hydrogen-bond acceptors (Lipinski definition) is 3. The molecule has 1 atom stereocenters. The Morgan fingerprint density at radius 1 is 1.69 bits per heavy atom. The molecule has 4 heteroatoms. The number of aromatic amines is 1. The minimum Gasteiger partial charge on any atom is -0.308 e. The van der Waals surface area contributed by atoms with Crippen LogP contribution in [-0.4, -0.2) is 27.7 Å². The molecule has 0 bridgehead atoms. The van der Waals surface area contributed by atoms with Gasteiger partial charge in [0, 0.05) is 30.2 Å². The van der Waals surface area contributed by atoms with E-state index in [9.17, 15) is 0 Å². The van der Waals surface area contributed by atoms with Crippen molar-refractivity contribution in [2.24, 2.45) is 0 Å². The van der Waals surface area contributed by atoms with Crippen molar-refractivity contribution in [3.63, 3.8) is 0 Å². The van der Waals surface area contributed by atoms with Gasteiger partial charge in [0.1, 0.15) is 0 Å². The van der Waals surface area contributed by atoms with Crippen LogP contribution in [0.4, 0.5) is 0 Å². The highest BCUT2D eigenvalue weighted by atomic mass is 32.2. The van der Waals surface area contributed by atoms with Gasteiger partial charge in [-0.3, -0.25) is 5.10 Å². The van der Waals surface area contributed by atoms with Gasteiger partial charge in [-0.05, 0) is 18.7 Å². The first-order chi connectivity index (χ1) is 6.33. The molecule has 1 heterocycles. The average Bonchev–Trinajstić information content (AvgIpc) is 2.64. The van der Waals surface area contributed by atoms with Crippen LogP contribution in [0.15, 0.2) is 12.3 Å². The summed E-state index contributed by atoms with van der Waals surface area (Å²) in [6, 6.07) is 2.56. The highest BCUT2D eigenvalue weighted by Gasteiger charge is 2.00. The van der Waals surface area contributed by atoms with Gasteiger partial charge in [-0.15, -0.1) is 0 Å². The van der Waals surface area contributed by atoms with Crippen molar-refractivity contribution >= 4 is 11.8 Å². The number of rotatable bonds is 6. The highest BCUT2D eigenvalue weighted by Crippen LogP contribution is 2.01. The maximum Gasteiger partial charge on any atom is 0.0490 e. The Labute approximate surface area is 83.7 Å². The minimum absolute atomic E-state index is 0.563. The second-order valence-corrected chi connectivity index (χ2v) is 4.34. The number of nitrogens with zero attached hydrogens (tertiary/aromatic N) is 1. The van der Waals surface area contributed by atoms with E-state index in [0.29, 0.717) is 6.04 Å². The van der Waals surface area contributed by atoms with Gasteiger partial charge in [0.2, 0.25) is 0 Å². The van der Waals surface area contributed by atoms with Gasteiger partial charge >= 0.3 is 0 Å². The number of thioether (sulfide) groups is 1. The molecule has 0 aliphatic carbocycles. The van der Waals surface area contributed by atoms with E-state index in [-0.39, 0.29) is 0 Å². The fourth-order valence-corrected chi connectivity index (χ4v) is 1.73. The van der Waals surface area contributed by atoms with Crippen molar-refractivity contribution in [2.45, 2.75) is 26.4 Å². The summed E-state index contributed by atoms with van der Waals surface area (Å²) in [5.74, 6) is 2.36. The third-order valence-corrected chi connectivity index (χ3v) is 2.92. The summed E-state index contributed by atoms with van der Waals surface area (Å²) in [7, 11) is 0. The zero-order valence-corrected chi connectivity index (χ0v) is 9.03. The molecule has 0 saturated heterocycles. The number of hydrogen-bond donors (Lipinski definition) is 2. The molecule has 13 heavy (non-hydrogen) atoms. The van der Waals surface area contributed by atoms with Gasteiger partial charge in [-0.25, -0.2) is 0 Å². The van der Waals surface area contributed by atoms with Crippen LogP contribution in [0.2, 0.25) is 0 Å². The van der Waals surface area contributed by atoms with Gasteiger partial charge in [-0.2, -0.15) is 16.9 Å². The summed E-state index contributed by atoms with van der Waals surface area (Å²) < 4.78 is 0. The van der Waals surface area contributed by atoms with E-state index in [1.54, 1.807) is 6.20 Å². The lowest BCUT2D eigenvalue weighted by Gasteiger charge is -2.11. The maximum absolute atomic E-state index is 3.89. The van der Waals surface area contributed by atoms with E-state index in [1.807, 2.05) is 17.8 Å². The number of H-pyrrole nitrogens is 1. The molecule has 0 radical (unpaired) electrons. The Bertz CT molecular complexity index is 211. The second kappa shape index (κ2) is 6.05. The van der Waals surface area contributed by atoms with Crippen molar-refractivity contribution < 1.29 is 0 Å². The molecule has 0 aromatic carbocycles. The molecule has 0 amide bonds. The lowest BCUT2D eigenvalue weighted by atomic mass is 10.3. The molecule has 1 aromatic heterocycles. The normalized spacial score (nSPS) is 13.1. The Morgan fingerprint density at radius 2 is 2.54 bits per heavy atom. The number of nitrogens with one attached hydrogen (secondary N) is 2. The quantitative estimate of drug-likeness (QED) is 0.732. The van der Waals surface area contributed by atoms with Crippen molar-refractivity contribution in [1.82, 2.24) is 15.5 Å². The number of aromatic nitrogens is 2. The summed E-state index contributed by atoms with van der Waals surface area (Å²) in [6.07, 6.45) is 1.78. The zero-order valence-electron chi connectivity index (χ0n) is 8.21. The molecular formula is C9H17N3S. The predicted molar refractivity (Wildman–Crippen MR) is 57.9 cm³/mol. The summed E-state index contributed by atoms with van der Waals surface area (Å²) in [5, 5.41) is 10.2. The van der Waals surface area contributed by atoms with Gasteiger partial charge in [0.15, 0.2) is 0 Å². The third-order valence-electron chi connectivity index (χ3n) is 1.77. The molecule has 0 saturated carbocycles. The monoisotopic (exact) mass is 199 g/mol. The van der Waals surface area contributed by atoms with E-state index in [0.717, 1.165) is 12.2 Å². The minimum atomic E-state index is 0.563. The molecule has 1 unspecified atom stereocenters. The fourth-order valence-electron chi connectivity index (χ4n) is 1.02. The average molecular weight is 199 g/mol. The van der Waals surface area contributed by atoms with Crippen LogP contribution in [0.3, 0.4) is 0 Å². The zero-order chi connectivity index (χ0) is 9.52. The Balaban J connectivity index is 2.11. The Morgan fingerprint density at radius 3 is 3.15 bits per heavy atom. The van der Waals surface area contributed by atoms with Crippen LogP contribution < -0.4 is 5.32 Å². The van der Waals surface area contributed by atoms with Crippen LogP contribution in [0.25, 0.3) is 0 Å².